The summed E-state index contributed by atoms with van der Waals surface area (Å²) in [7, 11) is 0. The number of hydrogen-bond acceptors (Lipinski definition) is 2. The van der Waals surface area contributed by atoms with Crippen LogP contribution in [0.25, 0.3) is 5.69 Å². The summed E-state index contributed by atoms with van der Waals surface area (Å²) >= 11 is 1.58. The van der Waals surface area contributed by atoms with Crippen molar-refractivity contribution in [2.24, 2.45) is 0 Å². The second-order valence-corrected chi connectivity index (χ2v) is 6.23. The third kappa shape index (κ3) is 3.31. The Morgan fingerprint density at radius 1 is 1.00 bits per heavy atom. The van der Waals surface area contributed by atoms with Gasteiger partial charge in [0, 0.05) is 0 Å². The molecule has 1 aromatic heterocycles. The Hall–Kier alpha value is -2.12. The van der Waals surface area contributed by atoms with E-state index in [4.69, 9.17) is 0 Å². The van der Waals surface area contributed by atoms with Crippen LogP contribution in [0, 0.1) is 0 Å². The molecular formula is C17H15AsN2O. The Kier molecular flexibility index (Phi) is 4.03. The first-order valence-corrected chi connectivity index (χ1v) is 7.92. The first kappa shape index (κ1) is 13.8. The van der Waals surface area contributed by atoms with Gasteiger partial charge < -0.3 is 0 Å². The predicted molar refractivity (Wildman–Crippen MR) is 87.3 cm³/mol. The van der Waals surface area contributed by atoms with Gasteiger partial charge >= 0.3 is 131 Å². The molecule has 0 spiro atoms. The Morgan fingerprint density at radius 2 is 1.81 bits per heavy atom. The topological polar surface area (TPSA) is 34.9 Å². The van der Waals surface area contributed by atoms with Gasteiger partial charge in [0.1, 0.15) is 0 Å². The van der Waals surface area contributed by atoms with Crippen LogP contribution < -0.4 is 9.78 Å². The molecule has 3 nitrogen and oxygen atoms in total. The second-order valence-electron chi connectivity index (χ2n) is 4.83. The fourth-order valence-corrected chi connectivity index (χ4v) is 2.87. The van der Waals surface area contributed by atoms with Crippen LogP contribution in [-0.2, 0) is 6.42 Å². The van der Waals surface area contributed by atoms with Crippen LogP contribution in [0.5, 0.6) is 0 Å². The zero-order valence-electron chi connectivity index (χ0n) is 11.4. The number of hydrogen-bond donors (Lipinski definition) is 0. The van der Waals surface area contributed by atoms with E-state index >= 15 is 0 Å². The van der Waals surface area contributed by atoms with Gasteiger partial charge in [-0.1, -0.05) is 0 Å². The molecule has 0 aliphatic rings. The molecule has 1 atom stereocenters. The molecule has 21 heavy (non-hydrogen) atoms. The first-order valence-electron chi connectivity index (χ1n) is 6.71. The number of aromatic nitrogens is 2. The van der Waals surface area contributed by atoms with Crippen molar-refractivity contribution in [3.8, 4) is 5.69 Å². The fourth-order valence-electron chi connectivity index (χ4n) is 2.19. The molecule has 2 aromatic carbocycles. The van der Waals surface area contributed by atoms with Crippen LogP contribution in [0.2, 0.25) is 0 Å². The van der Waals surface area contributed by atoms with Crippen LogP contribution in [0.15, 0.2) is 71.7 Å². The summed E-state index contributed by atoms with van der Waals surface area (Å²) in [6, 6.07) is 19.6. The van der Waals surface area contributed by atoms with Crippen molar-refractivity contribution in [2.45, 2.75) is 6.42 Å². The van der Waals surface area contributed by atoms with Crippen LogP contribution >= 0.6 is 0 Å². The van der Waals surface area contributed by atoms with Gasteiger partial charge in [-0.3, -0.25) is 0 Å². The van der Waals surface area contributed by atoms with E-state index in [0.717, 1.165) is 11.3 Å². The first-order chi connectivity index (χ1) is 10.2. The van der Waals surface area contributed by atoms with E-state index < -0.39 is 0 Å². The van der Waals surface area contributed by atoms with Gasteiger partial charge in [-0.25, -0.2) is 0 Å². The summed E-state index contributed by atoms with van der Waals surface area (Å²) in [5.74, 6) is 0. The predicted octanol–water partition coefficient (Wildman–Crippen LogP) is 1.08. The van der Waals surface area contributed by atoms with E-state index in [2.05, 4.69) is 17.2 Å². The second kappa shape index (κ2) is 6.11. The molecule has 0 N–H and O–H groups in total. The monoisotopic (exact) mass is 338 g/mol. The number of para-hydroxylation sites is 1. The molecule has 3 rings (SSSR count). The van der Waals surface area contributed by atoms with Crippen LogP contribution in [0.3, 0.4) is 0 Å². The quantitative estimate of drug-likeness (QED) is 0.670. The number of nitrogens with zero attached hydrogens (tertiary/aromatic N) is 2. The van der Waals surface area contributed by atoms with Crippen molar-refractivity contribution in [3.05, 3.63) is 88.3 Å². The number of benzene rings is 2. The van der Waals surface area contributed by atoms with Gasteiger partial charge in [0.15, 0.2) is 0 Å². The van der Waals surface area contributed by atoms with Crippen molar-refractivity contribution in [1.82, 2.24) is 9.78 Å². The summed E-state index contributed by atoms with van der Waals surface area (Å²) in [6.45, 7) is 0. The zero-order valence-corrected chi connectivity index (χ0v) is 13.9. The molecule has 0 bridgehead atoms. The number of rotatable bonds is 3. The maximum atomic E-state index is 12.0. The van der Waals surface area contributed by atoms with E-state index in [0.29, 0.717) is 12.1 Å². The Labute approximate surface area is 131 Å². The summed E-state index contributed by atoms with van der Waals surface area (Å²) in [6.07, 6.45) is 2.27. The van der Waals surface area contributed by atoms with E-state index in [1.165, 1.54) is 4.35 Å². The minimum absolute atomic E-state index is 0.0193. The van der Waals surface area contributed by atoms with Gasteiger partial charge in [-0.05, 0) is 0 Å². The summed E-state index contributed by atoms with van der Waals surface area (Å²) in [5.41, 5.74) is 2.62. The minimum atomic E-state index is -0.0193. The normalized spacial score (nSPS) is 10.5. The molecule has 0 fully saturated rings. The van der Waals surface area contributed by atoms with Gasteiger partial charge in [-0.15, -0.1) is 0 Å². The third-order valence-corrected chi connectivity index (χ3v) is 3.98. The molecule has 0 amide bonds. The fraction of sp³-hybridized carbons (Fsp3) is 0.0588. The van der Waals surface area contributed by atoms with E-state index in [9.17, 15) is 4.79 Å². The summed E-state index contributed by atoms with van der Waals surface area (Å²) in [5, 5.41) is 4.48. The van der Waals surface area contributed by atoms with E-state index in [1.807, 2.05) is 42.5 Å². The molecule has 0 aliphatic carbocycles. The van der Waals surface area contributed by atoms with Gasteiger partial charge in [0.2, 0.25) is 0 Å². The van der Waals surface area contributed by atoms with Crippen LogP contribution in [-0.4, -0.2) is 26.6 Å². The van der Waals surface area contributed by atoms with Crippen molar-refractivity contribution in [2.75, 3.05) is 0 Å². The van der Waals surface area contributed by atoms with E-state index in [1.54, 1.807) is 33.8 Å². The van der Waals surface area contributed by atoms with E-state index in [-0.39, 0.29) is 5.43 Å². The van der Waals surface area contributed by atoms with Gasteiger partial charge in [-0.2, -0.15) is 0 Å². The SMILES string of the molecule is O=c1ccn(-c2ccccc2)nc1Cc1cccc([AsH2])c1. The third-order valence-electron chi connectivity index (χ3n) is 3.22. The average Bonchev–Trinajstić information content (AvgIpc) is 2.50. The standard InChI is InChI=1S/C17H15AsN2O/c18-14-6-4-5-13(11-14)12-16-17(21)9-10-20(19-16)15-7-2-1-3-8-15/h1-11H,12,18H2. The molecule has 0 saturated carbocycles. The summed E-state index contributed by atoms with van der Waals surface area (Å²) < 4.78 is 3.00. The molecule has 0 saturated heterocycles. The van der Waals surface area contributed by atoms with Crippen LogP contribution in [0.4, 0.5) is 0 Å². The van der Waals surface area contributed by atoms with Crippen molar-refractivity contribution in [1.29, 1.82) is 0 Å². The van der Waals surface area contributed by atoms with Crippen molar-refractivity contribution in [3.63, 3.8) is 0 Å². The Bertz CT molecular complexity index is 812. The van der Waals surface area contributed by atoms with Gasteiger partial charge in [0.05, 0.1) is 0 Å². The Balaban J connectivity index is 1.97. The van der Waals surface area contributed by atoms with Crippen LogP contribution in [0.1, 0.15) is 11.3 Å². The summed E-state index contributed by atoms with van der Waals surface area (Å²) in [4.78, 5) is 12.0. The average molecular weight is 338 g/mol. The van der Waals surface area contributed by atoms with Crippen molar-refractivity contribution < 1.29 is 0 Å². The molecule has 1 heterocycles. The zero-order chi connectivity index (χ0) is 14.7. The molecule has 1 unspecified atom stereocenters. The molecule has 3 aromatic rings. The van der Waals surface area contributed by atoms with Gasteiger partial charge in [0.25, 0.3) is 0 Å². The molecule has 0 aliphatic heterocycles. The molecule has 104 valence electrons. The molecular weight excluding hydrogens is 323 g/mol. The van der Waals surface area contributed by atoms with Crippen molar-refractivity contribution >= 4 is 21.2 Å². The maximum absolute atomic E-state index is 12.0. The molecule has 0 radical (unpaired) electrons. The Morgan fingerprint density at radius 3 is 2.57 bits per heavy atom. The molecule has 4 heteroatoms.